The Balaban J connectivity index is 2.10. The van der Waals surface area contributed by atoms with E-state index in [0.717, 1.165) is 23.7 Å². The van der Waals surface area contributed by atoms with E-state index < -0.39 is 0 Å². The molecular formula is C9H10. The molecule has 0 saturated heterocycles. The molecule has 0 aromatic heterocycles. The molecule has 4 atom stereocenters. The molecule has 2 bridgehead atoms. The zero-order valence-corrected chi connectivity index (χ0v) is 5.33. The van der Waals surface area contributed by atoms with E-state index in [-0.39, 0.29) is 0 Å². The first kappa shape index (κ1) is 4.32. The van der Waals surface area contributed by atoms with Crippen LogP contribution in [0.25, 0.3) is 0 Å². The molecule has 0 N–H and O–H groups in total. The minimum atomic E-state index is 0.935. The van der Waals surface area contributed by atoms with Crippen LogP contribution in [0.15, 0.2) is 24.3 Å². The molecule has 0 aromatic carbocycles. The molecule has 0 aromatic rings. The fraction of sp³-hybridized carbons (Fsp3) is 0.556. The molecule has 0 heterocycles. The summed E-state index contributed by atoms with van der Waals surface area (Å²) < 4.78 is 0. The van der Waals surface area contributed by atoms with Crippen LogP contribution in [0, 0.1) is 23.7 Å². The van der Waals surface area contributed by atoms with Gasteiger partial charge in [0.2, 0.25) is 0 Å². The van der Waals surface area contributed by atoms with Gasteiger partial charge in [0.1, 0.15) is 0 Å². The van der Waals surface area contributed by atoms with Crippen LogP contribution in [-0.4, -0.2) is 0 Å². The van der Waals surface area contributed by atoms with Gasteiger partial charge in [-0.15, -0.1) is 0 Å². The highest BCUT2D eigenvalue weighted by Gasteiger charge is 2.45. The van der Waals surface area contributed by atoms with Crippen molar-refractivity contribution in [2.75, 3.05) is 0 Å². The number of hydrogen-bond acceptors (Lipinski definition) is 0. The van der Waals surface area contributed by atoms with Crippen LogP contribution >= 0.6 is 0 Å². The summed E-state index contributed by atoms with van der Waals surface area (Å²) in [5, 5.41) is 0. The van der Waals surface area contributed by atoms with E-state index >= 15 is 0 Å². The van der Waals surface area contributed by atoms with Gasteiger partial charge in [-0.25, -0.2) is 0 Å². The van der Waals surface area contributed by atoms with Crippen LogP contribution in [0.2, 0.25) is 0 Å². The molecule has 0 radical (unpaired) electrons. The van der Waals surface area contributed by atoms with Gasteiger partial charge in [-0.05, 0) is 30.1 Å². The van der Waals surface area contributed by atoms with E-state index in [4.69, 9.17) is 0 Å². The summed E-state index contributed by atoms with van der Waals surface area (Å²) in [4.78, 5) is 0. The van der Waals surface area contributed by atoms with Crippen LogP contribution in [0.4, 0.5) is 0 Å². The van der Waals surface area contributed by atoms with Gasteiger partial charge < -0.3 is 0 Å². The minimum Gasteiger partial charge on any atom is -0.0845 e. The van der Waals surface area contributed by atoms with Crippen molar-refractivity contribution in [1.82, 2.24) is 0 Å². The predicted molar refractivity (Wildman–Crippen MR) is 36.9 cm³/mol. The Labute approximate surface area is 55.3 Å². The lowest BCUT2D eigenvalue weighted by Gasteiger charge is -2.29. The molecule has 0 spiro atoms. The van der Waals surface area contributed by atoms with Gasteiger partial charge >= 0.3 is 0 Å². The van der Waals surface area contributed by atoms with Gasteiger partial charge in [0.25, 0.3) is 0 Å². The first-order chi connectivity index (χ1) is 4.45. The zero-order chi connectivity index (χ0) is 5.84. The number of allylic oxidation sites excluding steroid dienone is 4. The first-order valence-corrected chi connectivity index (χ1v) is 3.82. The highest BCUT2D eigenvalue weighted by Crippen LogP contribution is 2.53. The first-order valence-electron chi connectivity index (χ1n) is 3.82. The van der Waals surface area contributed by atoms with Gasteiger partial charge in [0.15, 0.2) is 0 Å². The van der Waals surface area contributed by atoms with Crippen LogP contribution in [0.3, 0.4) is 0 Å². The average Bonchev–Trinajstić information content (AvgIpc) is 2.18. The lowest BCUT2D eigenvalue weighted by atomic mass is 9.75. The lowest BCUT2D eigenvalue weighted by molar-refractivity contribution is 0.401. The Morgan fingerprint density at radius 2 is 1.33 bits per heavy atom. The molecule has 3 aliphatic rings. The second-order valence-corrected chi connectivity index (χ2v) is 3.49. The molecule has 1 saturated carbocycles. The summed E-state index contributed by atoms with van der Waals surface area (Å²) in [6.45, 7) is 0. The summed E-state index contributed by atoms with van der Waals surface area (Å²) >= 11 is 0. The van der Waals surface area contributed by atoms with E-state index in [1.807, 2.05) is 0 Å². The van der Waals surface area contributed by atoms with Crippen molar-refractivity contribution in [2.45, 2.75) is 6.42 Å². The molecule has 0 heteroatoms. The summed E-state index contributed by atoms with van der Waals surface area (Å²) in [6.07, 6.45) is 11.0. The Bertz CT molecular complexity index is 176. The Morgan fingerprint density at radius 1 is 0.778 bits per heavy atom. The third-order valence-electron chi connectivity index (χ3n) is 3.14. The van der Waals surface area contributed by atoms with Crippen molar-refractivity contribution in [2.24, 2.45) is 23.7 Å². The maximum Gasteiger partial charge on any atom is -0.0102 e. The summed E-state index contributed by atoms with van der Waals surface area (Å²) in [6, 6.07) is 0. The summed E-state index contributed by atoms with van der Waals surface area (Å²) in [5.41, 5.74) is 0. The molecule has 46 valence electrons. The second kappa shape index (κ2) is 1.16. The van der Waals surface area contributed by atoms with Crippen molar-refractivity contribution in [3.05, 3.63) is 24.3 Å². The highest BCUT2D eigenvalue weighted by atomic mass is 14.5. The van der Waals surface area contributed by atoms with Gasteiger partial charge in [-0.1, -0.05) is 24.3 Å². The smallest absolute Gasteiger partial charge is 0.0102 e. The van der Waals surface area contributed by atoms with Crippen molar-refractivity contribution >= 4 is 0 Å². The maximum absolute atomic E-state index is 2.41. The SMILES string of the molecule is C1=C[C@H]2[C@@H]1[C@H]1C=C[C@H]2C1. The van der Waals surface area contributed by atoms with E-state index in [2.05, 4.69) is 24.3 Å². The highest BCUT2D eigenvalue weighted by molar-refractivity contribution is 5.27. The maximum atomic E-state index is 2.41. The van der Waals surface area contributed by atoms with Gasteiger partial charge in [0.05, 0.1) is 0 Å². The van der Waals surface area contributed by atoms with Gasteiger partial charge in [-0.2, -0.15) is 0 Å². The average molecular weight is 118 g/mol. The van der Waals surface area contributed by atoms with E-state index in [0.29, 0.717) is 0 Å². The second-order valence-electron chi connectivity index (χ2n) is 3.49. The third kappa shape index (κ3) is 0.346. The van der Waals surface area contributed by atoms with E-state index in [1.54, 1.807) is 0 Å². The molecular weight excluding hydrogens is 108 g/mol. The third-order valence-corrected chi connectivity index (χ3v) is 3.14. The molecule has 0 aliphatic heterocycles. The van der Waals surface area contributed by atoms with Crippen LogP contribution < -0.4 is 0 Å². The normalized spacial score (nSPS) is 57.8. The molecule has 3 rings (SSSR count). The molecule has 1 fully saturated rings. The fourth-order valence-electron chi connectivity index (χ4n) is 2.55. The lowest BCUT2D eigenvalue weighted by Crippen LogP contribution is -2.22. The summed E-state index contributed by atoms with van der Waals surface area (Å²) in [7, 11) is 0. The molecule has 0 unspecified atom stereocenters. The zero-order valence-electron chi connectivity index (χ0n) is 5.33. The number of rotatable bonds is 0. The largest absolute Gasteiger partial charge is 0.0845 e. The van der Waals surface area contributed by atoms with Gasteiger partial charge in [0, 0.05) is 0 Å². The Morgan fingerprint density at radius 3 is 1.67 bits per heavy atom. The standard InChI is InChI=1S/C9H10/c1-2-7-5-6(1)8-3-4-9(7)8/h1-4,6-9H,5H2/t6-,7-,8-,9+/m0/s1. The molecule has 0 amide bonds. The Hall–Kier alpha value is -0.520. The monoisotopic (exact) mass is 118 g/mol. The van der Waals surface area contributed by atoms with Crippen LogP contribution in [-0.2, 0) is 0 Å². The predicted octanol–water partition coefficient (Wildman–Crippen LogP) is 1.99. The molecule has 9 heavy (non-hydrogen) atoms. The van der Waals surface area contributed by atoms with E-state index in [1.165, 1.54) is 6.42 Å². The quantitative estimate of drug-likeness (QED) is 0.427. The van der Waals surface area contributed by atoms with Crippen LogP contribution in [0.1, 0.15) is 6.42 Å². The van der Waals surface area contributed by atoms with E-state index in [9.17, 15) is 0 Å². The van der Waals surface area contributed by atoms with Crippen molar-refractivity contribution in [3.63, 3.8) is 0 Å². The summed E-state index contributed by atoms with van der Waals surface area (Å²) in [5.74, 6) is 3.79. The van der Waals surface area contributed by atoms with Crippen molar-refractivity contribution < 1.29 is 0 Å². The number of hydrogen-bond donors (Lipinski definition) is 0. The molecule has 3 aliphatic carbocycles. The number of fused-ring (bicyclic) bond motifs is 5. The van der Waals surface area contributed by atoms with Crippen molar-refractivity contribution in [1.29, 1.82) is 0 Å². The van der Waals surface area contributed by atoms with Gasteiger partial charge in [-0.3, -0.25) is 0 Å². The topological polar surface area (TPSA) is 0 Å². The van der Waals surface area contributed by atoms with Crippen LogP contribution in [0.5, 0.6) is 0 Å². The Kier molecular flexibility index (Phi) is 0.555. The minimum absolute atomic E-state index is 0.935. The fourth-order valence-corrected chi connectivity index (χ4v) is 2.55. The molecule has 0 nitrogen and oxygen atoms in total. The van der Waals surface area contributed by atoms with Crippen molar-refractivity contribution in [3.8, 4) is 0 Å².